The van der Waals surface area contributed by atoms with Gasteiger partial charge in [-0.25, -0.2) is 9.07 Å². The van der Waals surface area contributed by atoms with Crippen LogP contribution in [0.15, 0.2) is 48.5 Å². The number of benzene rings is 2. The van der Waals surface area contributed by atoms with Gasteiger partial charge in [0.25, 0.3) is 0 Å². The molecule has 0 bridgehead atoms. The number of nitrogens with zero attached hydrogens (tertiary/aromatic N) is 5. The summed E-state index contributed by atoms with van der Waals surface area (Å²) < 4.78 is 15.6. The Kier molecular flexibility index (Phi) is 4.64. The van der Waals surface area contributed by atoms with E-state index < -0.39 is 0 Å². The second-order valence-corrected chi connectivity index (χ2v) is 7.86. The highest BCUT2D eigenvalue weighted by Crippen LogP contribution is 2.36. The first-order valence-electron chi connectivity index (χ1n) is 10.1. The molecule has 1 atom stereocenters. The van der Waals surface area contributed by atoms with Crippen molar-refractivity contribution in [3.8, 4) is 0 Å². The van der Waals surface area contributed by atoms with E-state index in [1.807, 2.05) is 16.8 Å². The third kappa shape index (κ3) is 3.22. The molecule has 1 aliphatic heterocycles. The zero-order valence-corrected chi connectivity index (χ0v) is 15.8. The summed E-state index contributed by atoms with van der Waals surface area (Å²) in [5, 5.41) is 12.8. The van der Waals surface area contributed by atoms with Crippen LogP contribution in [0.1, 0.15) is 60.3 Å². The largest absolute Gasteiger partial charge is 0.285 e. The predicted molar refractivity (Wildman–Crippen MR) is 104 cm³/mol. The number of rotatable bonds is 4. The fourth-order valence-corrected chi connectivity index (χ4v) is 4.70. The molecule has 144 valence electrons. The Balaban J connectivity index is 1.55. The summed E-state index contributed by atoms with van der Waals surface area (Å²) in [5.74, 6) is 0.653. The molecule has 0 unspecified atom stereocenters. The average molecular weight is 377 g/mol. The molecular weight excluding hydrogens is 353 g/mol. The summed E-state index contributed by atoms with van der Waals surface area (Å²) in [6.45, 7) is 1.77. The van der Waals surface area contributed by atoms with Gasteiger partial charge in [0.2, 0.25) is 0 Å². The normalized spacial score (nSPS) is 18.9. The molecule has 5 rings (SSSR count). The highest BCUT2D eigenvalue weighted by molar-refractivity contribution is 5.32. The molecule has 0 spiro atoms. The number of tetrazole rings is 1. The fourth-order valence-electron chi connectivity index (χ4n) is 4.70. The minimum Gasteiger partial charge on any atom is -0.285 e. The van der Waals surface area contributed by atoms with Gasteiger partial charge in [0.05, 0.1) is 12.1 Å². The topological polar surface area (TPSA) is 46.8 Å². The first-order chi connectivity index (χ1) is 13.8. The van der Waals surface area contributed by atoms with Crippen molar-refractivity contribution in [1.29, 1.82) is 0 Å². The Morgan fingerprint density at radius 2 is 1.71 bits per heavy atom. The Hall–Kier alpha value is -2.60. The summed E-state index contributed by atoms with van der Waals surface area (Å²) in [4.78, 5) is 2.42. The highest BCUT2D eigenvalue weighted by atomic mass is 19.1. The fraction of sp³-hybridized carbons (Fsp3) is 0.409. The van der Waals surface area contributed by atoms with E-state index in [1.54, 1.807) is 0 Å². The first-order valence-corrected chi connectivity index (χ1v) is 10.1. The Morgan fingerprint density at radius 1 is 0.964 bits per heavy atom. The molecule has 0 N–H and O–H groups in total. The van der Waals surface area contributed by atoms with E-state index in [1.165, 1.54) is 36.1 Å². The van der Waals surface area contributed by atoms with E-state index >= 15 is 0 Å². The second-order valence-electron chi connectivity index (χ2n) is 7.86. The maximum atomic E-state index is 13.6. The third-order valence-electron chi connectivity index (χ3n) is 6.14. The van der Waals surface area contributed by atoms with Gasteiger partial charge in [-0.1, -0.05) is 49.2 Å². The molecule has 0 saturated heterocycles. The molecule has 1 aliphatic carbocycles. The zero-order chi connectivity index (χ0) is 18.9. The maximum Gasteiger partial charge on any atom is 0.173 e. The number of hydrogen-bond donors (Lipinski definition) is 0. The van der Waals surface area contributed by atoms with Crippen molar-refractivity contribution in [2.75, 3.05) is 6.54 Å². The van der Waals surface area contributed by atoms with Crippen LogP contribution in [0.4, 0.5) is 4.39 Å². The van der Waals surface area contributed by atoms with Crippen molar-refractivity contribution in [3.63, 3.8) is 0 Å². The van der Waals surface area contributed by atoms with Crippen molar-refractivity contribution >= 4 is 0 Å². The first kappa shape index (κ1) is 17.5. The van der Waals surface area contributed by atoms with Crippen LogP contribution in [0, 0.1) is 5.82 Å². The Morgan fingerprint density at radius 3 is 2.50 bits per heavy atom. The molecule has 2 aliphatic rings. The lowest BCUT2D eigenvalue weighted by Gasteiger charge is -2.35. The number of aromatic nitrogens is 4. The van der Waals surface area contributed by atoms with Crippen LogP contribution in [0.5, 0.6) is 0 Å². The summed E-state index contributed by atoms with van der Waals surface area (Å²) >= 11 is 0. The van der Waals surface area contributed by atoms with Gasteiger partial charge in [-0.05, 0) is 58.5 Å². The highest BCUT2D eigenvalue weighted by Gasteiger charge is 2.32. The smallest absolute Gasteiger partial charge is 0.173 e. The van der Waals surface area contributed by atoms with E-state index in [0.717, 1.165) is 43.7 Å². The van der Waals surface area contributed by atoms with Gasteiger partial charge in [-0.2, -0.15) is 0 Å². The number of fused-ring (bicyclic) bond motifs is 1. The molecule has 1 aromatic heterocycles. The minimum atomic E-state index is -0.220. The van der Waals surface area contributed by atoms with Crippen LogP contribution in [-0.2, 0) is 13.0 Å². The molecule has 2 heterocycles. The summed E-state index contributed by atoms with van der Waals surface area (Å²) in [6, 6.07) is 15.7. The summed E-state index contributed by atoms with van der Waals surface area (Å²) in [6.07, 6.45) is 5.69. The molecule has 1 saturated carbocycles. The molecule has 0 radical (unpaired) electrons. The van der Waals surface area contributed by atoms with Gasteiger partial charge in [-0.15, -0.1) is 5.10 Å². The monoisotopic (exact) mass is 377 g/mol. The number of hydrogen-bond acceptors (Lipinski definition) is 4. The minimum absolute atomic E-state index is 0.0791. The average Bonchev–Trinajstić information content (AvgIpc) is 3.41. The van der Waals surface area contributed by atoms with E-state index in [0.29, 0.717) is 6.04 Å². The lowest BCUT2D eigenvalue weighted by molar-refractivity contribution is 0.191. The van der Waals surface area contributed by atoms with Gasteiger partial charge in [0.15, 0.2) is 5.82 Å². The van der Waals surface area contributed by atoms with E-state index in [4.69, 9.17) is 0 Å². The molecule has 3 aromatic rings. The van der Waals surface area contributed by atoms with Crippen LogP contribution >= 0.6 is 0 Å². The van der Waals surface area contributed by atoms with Gasteiger partial charge < -0.3 is 0 Å². The van der Waals surface area contributed by atoms with Crippen molar-refractivity contribution in [2.24, 2.45) is 0 Å². The van der Waals surface area contributed by atoms with Crippen LogP contribution in [-0.4, -0.2) is 31.7 Å². The van der Waals surface area contributed by atoms with Crippen LogP contribution in [0.3, 0.4) is 0 Å². The van der Waals surface area contributed by atoms with Crippen molar-refractivity contribution < 1.29 is 4.39 Å². The molecule has 5 nitrogen and oxygen atoms in total. The molecule has 0 amide bonds. The third-order valence-corrected chi connectivity index (χ3v) is 6.14. The summed E-state index contributed by atoms with van der Waals surface area (Å²) in [5.41, 5.74) is 3.79. The van der Waals surface area contributed by atoms with Crippen LogP contribution in [0.25, 0.3) is 0 Å². The lowest BCUT2D eigenvalue weighted by atomic mass is 9.96. The summed E-state index contributed by atoms with van der Waals surface area (Å²) in [7, 11) is 0. The van der Waals surface area contributed by atoms with Gasteiger partial charge >= 0.3 is 0 Å². The molecule has 6 heteroatoms. The Labute approximate surface area is 164 Å². The van der Waals surface area contributed by atoms with Gasteiger partial charge in [-0.3, -0.25) is 4.90 Å². The Bertz CT molecular complexity index is 946. The van der Waals surface area contributed by atoms with Crippen LogP contribution in [0.2, 0.25) is 0 Å². The lowest BCUT2D eigenvalue weighted by Crippen LogP contribution is -2.36. The van der Waals surface area contributed by atoms with Crippen molar-refractivity contribution in [2.45, 2.75) is 50.7 Å². The quantitative estimate of drug-likeness (QED) is 0.687. The van der Waals surface area contributed by atoms with Crippen LogP contribution < -0.4 is 0 Å². The van der Waals surface area contributed by atoms with Gasteiger partial charge in [0.1, 0.15) is 5.82 Å². The van der Waals surface area contributed by atoms with E-state index in [2.05, 4.69) is 44.7 Å². The zero-order valence-electron chi connectivity index (χ0n) is 15.8. The maximum absolute atomic E-state index is 13.6. The van der Waals surface area contributed by atoms with E-state index in [9.17, 15) is 4.39 Å². The standard InChI is InChI=1S/C22H24FN5/c23-19-11-9-17(10-12-19)21(22-24-25-26-28(22)20-7-3-4-8-20)27-14-13-16-5-1-2-6-18(16)15-27/h1-2,5-6,9-12,20-21H,3-4,7-8,13-15H2/t21-/m0/s1. The van der Waals surface area contributed by atoms with Crippen molar-refractivity contribution in [3.05, 3.63) is 76.9 Å². The predicted octanol–water partition coefficient (Wildman–Crippen LogP) is 4.08. The molecular formula is C22H24FN5. The number of halogens is 1. The van der Waals surface area contributed by atoms with Crippen molar-refractivity contribution in [1.82, 2.24) is 25.1 Å². The van der Waals surface area contributed by atoms with E-state index in [-0.39, 0.29) is 11.9 Å². The molecule has 28 heavy (non-hydrogen) atoms. The SMILES string of the molecule is Fc1ccc([C@@H](c2nnnn2C2CCCC2)N2CCc3ccccc3C2)cc1. The molecule has 2 aromatic carbocycles. The second kappa shape index (κ2) is 7.43. The van der Waals surface area contributed by atoms with Gasteiger partial charge in [0, 0.05) is 13.1 Å². The molecule has 1 fully saturated rings.